The maximum Gasteiger partial charge on any atom is 0.00734 e. The molecule has 1 aromatic heterocycles. The highest BCUT2D eigenvalue weighted by atomic mass is 32.1. The predicted octanol–water partition coefficient (Wildman–Crippen LogP) is 4.04. The van der Waals surface area contributed by atoms with Crippen molar-refractivity contribution in [1.29, 1.82) is 0 Å². The lowest BCUT2D eigenvalue weighted by Crippen LogP contribution is -1.88. The molecule has 0 bridgehead atoms. The molecular weight excluding hydrogens is 152 g/mol. The van der Waals surface area contributed by atoms with Crippen molar-refractivity contribution in [2.75, 3.05) is 0 Å². The van der Waals surface area contributed by atoms with Crippen LogP contribution >= 0.6 is 11.3 Å². The smallest absolute Gasteiger partial charge is 0.00734 e. The molecule has 0 saturated heterocycles. The normalized spacial score (nSPS) is 13.3. The Labute approximate surface area is 73.3 Å². The van der Waals surface area contributed by atoms with Gasteiger partial charge in [-0.15, -0.1) is 11.3 Å². The Balaban J connectivity index is 2.36. The van der Waals surface area contributed by atoms with Crippen LogP contribution in [-0.2, 0) is 0 Å². The Kier molecular flexibility index (Phi) is 3.64. The molecule has 0 aromatic carbocycles. The second-order valence-corrected chi connectivity index (χ2v) is 4.04. The lowest BCUT2D eigenvalue weighted by atomic mass is 10.0. The van der Waals surface area contributed by atoms with Crippen molar-refractivity contribution in [2.24, 2.45) is 0 Å². The molecule has 0 nitrogen and oxygen atoms in total. The minimum Gasteiger partial charge on any atom is -0.149 e. The van der Waals surface area contributed by atoms with E-state index in [9.17, 15) is 0 Å². The molecule has 1 unspecified atom stereocenters. The van der Waals surface area contributed by atoms with E-state index in [1.165, 1.54) is 19.3 Å². The van der Waals surface area contributed by atoms with Crippen LogP contribution in [0.15, 0.2) is 17.5 Å². The van der Waals surface area contributed by atoms with E-state index in [0.29, 0.717) is 0 Å². The zero-order valence-electron chi connectivity index (χ0n) is 7.34. The molecular formula is C10H16S. The third kappa shape index (κ3) is 2.66. The van der Waals surface area contributed by atoms with E-state index >= 15 is 0 Å². The largest absolute Gasteiger partial charge is 0.149 e. The van der Waals surface area contributed by atoms with Crippen molar-refractivity contribution in [3.63, 3.8) is 0 Å². The molecule has 1 heterocycles. The molecule has 0 saturated carbocycles. The molecule has 0 aliphatic rings. The van der Waals surface area contributed by atoms with Crippen molar-refractivity contribution in [1.82, 2.24) is 0 Å². The minimum absolute atomic E-state index is 0.773. The molecule has 0 aliphatic heterocycles. The molecule has 0 N–H and O–H groups in total. The summed E-state index contributed by atoms with van der Waals surface area (Å²) in [5.74, 6) is 0.773. The highest BCUT2D eigenvalue weighted by Gasteiger charge is 2.04. The summed E-state index contributed by atoms with van der Waals surface area (Å²) in [4.78, 5) is 1.54. The average molecular weight is 168 g/mol. The van der Waals surface area contributed by atoms with Crippen LogP contribution in [0.2, 0.25) is 0 Å². The fourth-order valence-corrected chi connectivity index (χ4v) is 2.05. The van der Waals surface area contributed by atoms with Crippen molar-refractivity contribution < 1.29 is 0 Å². The molecule has 0 spiro atoms. The highest BCUT2D eigenvalue weighted by Crippen LogP contribution is 2.24. The van der Waals surface area contributed by atoms with Crippen LogP contribution in [0.5, 0.6) is 0 Å². The average Bonchev–Trinajstić information content (AvgIpc) is 2.52. The van der Waals surface area contributed by atoms with Crippen LogP contribution in [0.3, 0.4) is 0 Å². The van der Waals surface area contributed by atoms with Gasteiger partial charge in [0.2, 0.25) is 0 Å². The summed E-state index contributed by atoms with van der Waals surface area (Å²) in [6.45, 7) is 4.57. The summed E-state index contributed by atoms with van der Waals surface area (Å²) in [6, 6.07) is 4.38. The van der Waals surface area contributed by atoms with Gasteiger partial charge in [0.15, 0.2) is 0 Å². The fraction of sp³-hybridized carbons (Fsp3) is 0.600. The summed E-state index contributed by atoms with van der Waals surface area (Å²) in [6.07, 6.45) is 4.02. The van der Waals surface area contributed by atoms with Gasteiger partial charge >= 0.3 is 0 Å². The molecule has 1 aromatic rings. The zero-order valence-corrected chi connectivity index (χ0v) is 8.16. The van der Waals surface area contributed by atoms with Gasteiger partial charge in [-0.1, -0.05) is 32.8 Å². The third-order valence-electron chi connectivity index (χ3n) is 2.02. The highest BCUT2D eigenvalue weighted by molar-refractivity contribution is 7.10. The summed E-state index contributed by atoms with van der Waals surface area (Å²) in [7, 11) is 0. The molecule has 0 fully saturated rings. The van der Waals surface area contributed by atoms with E-state index in [2.05, 4.69) is 31.4 Å². The van der Waals surface area contributed by atoms with Crippen molar-refractivity contribution in [3.05, 3.63) is 22.4 Å². The molecule has 0 radical (unpaired) electrons. The first-order chi connectivity index (χ1) is 5.34. The van der Waals surface area contributed by atoms with Crippen LogP contribution in [0.4, 0.5) is 0 Å². The Morgan fingerprint density at radius 3 is 2.91 bits per heavy atom. The van der Waals surface area contributed by atoms with E-state index in [0.717, 1.165) is 5.92 Å². The number of hydrogen-bond acceptors (Lipinski definition) is 1. The first kappa shape index (κ1) is 8.79. The standard InChI is InChI=1S/C10H16S/c1-3-4-6-9(2)10-7-5-8-11-10/h5,7-9H,3-4,6H2,1-2H3. The van der Waals surface area contributed by atoms with Crippen LogP contribution in [0.1, 0.15) is 43.9 Å². The van der Waals surface area contributed by atoms with Gasteiger partial charge in [-0.2, -0.15) is 0 Å². The second kappa shape index (κ2) is 4.55. The van der Waals surface area contributed by atoms with Gasteiger partial charge in [0.25, 0.3) is 0 Å². The van der Waals surface area contributed by atoms with E-state index in [1.807, 2.05) is 11.3 Å². The van der Waals surface area contributed by atoms with Gasteiger partial charge < -0.3 is 0 Å². The monoisotopic (exact) mass is 168 g/mol. The van der Waals surface area contributed by atoms with E-state index in [-0.39, 0.29) is 0 Å². The lowest BCUT2D eigenvalue weighted by molar-refractivity contribution is 0.632. The minimum atomic E-state index is 0.773. The van der Waals surface area contributed by atoms with Crippen molar-refractivity contribution >= 4 is 11.3 Å². The number of unbranched alkanes of at least 4 members (excludes halogenated alkanes) is 1. The molecule has 0 aliphatic carbocycles. The molecule has 1 heteroatoms. The Morgan fingerprint density at radius 1 is 1.55 bits per heavy atom. The predicted molar refractivity (Wildman–Crippen MR) is 52.3 cm³/mol. The van der Waals surface area contributed by atoms with Crippen LogP contribution < -0.4 is 0 Å². The summed E-state index contributed by atoms with van der Waals surface area (Å²) < 4.78 is 0. The van der Waals surface area contributed by atoms with Gasteiger partial charge in [-0.05, 0) is 23.8 Å². The van der Waals surface area contributed by atoms with Crippen LogP contribution in [0.25, 0.3) is 0 Å². The summed E-state index contributed by atoms with van der Waals surface area (Å²) in [5.41, 5.74) is 0. The summed E-state index contributed by atoms with van der Waals surface area (Å²) in [5, 5.41) is 2.16. The quantitative estimate of drug-likeness (QED) is 0.636. The zero-order chi connectivity index (χ0) is 8.10. The SMILES string of the molecule is CCCCC(C)c1cccs1. The molecule has 11 heavy (non-hydrogen) atoms. The van der Waals surface area contributed by atoms with Crippen molar-refractivity contribution in [2.45, 2.75) is 39.0 Å². The number of rotatable bonds is 4. The van der Waals surface area contributed by atoms with Gasteiger partial charge in [0.05, 0.1) is 0 Å². The van der Waals surface area contributed by atoms with Gasteiger partial charge in [-0.25, -0.2) is 0 Å². The first-order valence-electron chi connectivity index (χ1n) is 4.38. The van der Waals surface area contributed by atoms with Crippen LogP contribution in [0, 0.1) is 0 Å². The summed E-state index contributed by atoms with van der Waals surface area (Å²) >= 11 is 1.88. The molecule has 62 valence electrons. The topological polar surface area (TPSA) is 0 Å². The maximum absolute atomic E-state index is 2.32. The van der Waals surface area contributed by atoms with Crippen LogP contribution in [-0.4, -0.2) is 0 Å². The molecule has 1 atom stereocenters. The number of hydrogen-bond donors (Lipinski definition) is 0. The third-order valence-corrected chi connectivity index (χ3v) is 3.12. The number of thiophene rings is 1. The van der Waals surface area contributed by atoms with Gasteiger partial charge in [-0.3, -0.25) is 0 Å². The van der Waals surface area contributed by atoms with E-state index in [4.69, 9.17) is 0 Å². The van der Waals surface area contributed by atoms with E-state index < -0.39 is 0 Å². The van der Waals surface area contributed by atoms with Crippen molar-refractivity contribution in [3.8, 4) is 0 Å². The molecule has 1 rings (SSSR count). The van der Waals surface area contributed by atoms with Gasteiger partial charge in [0.1, 0.15) is 0 Å². The van der Waals surface area contributed by atoms with E-state index in [1.54, 1.807) is 4.88 Å². The Hall–Kier alpha value is -0.300. The van der Waals surface area contributed by atoms with Gasteiger partial charge in [0, 0.05) is 4.88 Å². The first-order valence-corrected chi connectivity index (χ1v) is 5.26. The lowest BCUT2D eigenvalue weighted by Gasteiger charge is -2.06. The fourth-order valence-electron chi connectivity index (χ4n) is 1.22. The Morgan fingerprint density at radius 2 is 2.36 bits per heavy atom. The Bertz CT molecular complexity index is 177. The molecule has 0 amide bonds. The maximum atomic E-state index is 2.32. The second-order valence-electron chi connectivity index (χ2n) is 3.06.